The summed E-state index contributed by atoms with van der Waals surface area (Å²) in [4.78, 5) is 12.8. The van der Waals surface area contributed by atoms with Gasteiger partial charge in [-0.2, -0.15) is 5.10 Å². The topological polar surface area (TPSA) is 65.4 Å². The lowest BCUT2D eigenvalue weighted by molar-refractivity contribution is -0.115. The third kappa shape index (κ3) is 3.54. The van der Waals surface area contributed by atoms with E-state index in [-0.39, 0.29) is 16.4 Å². The number of fused-ring (bicyclic) bond motifs is 1. The second-order valence-corrected chi connectivity index (χ2v) is 8.81. The number of nitrogens with zero attached hydrogens (tertiary/aromatic N) is 2. The lowest BCUT2D eigenvalue weighted by Crippen LogP contribution is -2.22. The van der Waals surface area contributed by atoms with E-state index in [4.69, 9.17) is 14.6 Å². The molecule has 0 saturated heterocycles. The Labute approximate surface area is 180 Å². The van der Waals surface area contributed by atoms with Crippen molar-refractivity contribution in [3.63, 3.8) is 0 Å². The van der Waals surface area contributed by atoms with Crippen molar-refractivity contribution in [1.82, 2.24) is 9.78 Å². The molecule has 1 N–H and O–H groups in total. The number of amides is 1. The summed E-state index contributed by atoms with van der Waals surface area (Å²) in [6.07, 6.45) is 0. The zero-order chi connectivity index (χ0) is 21.4. The van der Waals surface area contributed by atoms with Gasteiger partial charge in [0.15, 0.2) is 11.5 Å². The summed E-state index contributed by atoms with van der Waals surface area (Å²) in [7, 11) is 3.25. The summed E-state index contributed by atoms with van der Waals surface area (Å²) in [6.45, 7) is 5.96. The van der Waals surface area contributed by atoms with Gasteiger partial charge in [0, 0.05) is 5.56 Å². The van der Waals surface area contributed by atoms with Crippen molar-refractivity contribution < 1.29 is 14.3 Å². The number of ether oxygens (including phenoxy) is 2. The zero-order valence-corrected chi connectivity index (χ0v) is 18.5. The number of carbonyl (C=O) groups is 1. The van der Waals surface area contributed by atoms with Gasteiger partial charge in [-0.3, -0.25) is 4.79 Å². The number of rotatable bonds is 4. The molecule has 3 aromatic rings. The van der Waals surface area contributed by atoms with Gasteiger partial charge in [0.2, 0.25) is 5.91 Å². The highest BCUT2D eigenvalue weighted by Crippen LogP contribution is 2.47. The van der Waals surface area contributed by atoms with Gasteiger partial charge in [0.05, 0.1) is 36.1 Å². The summed E-state index contributed by atoms with van der Waals surface area (Å²) in [5.41, 5.74) is 5.01. The van der Waals surface area contributed by atoms with E-state index in [2.05, 4.69) is 5.32 Å². The molecule has 7 heteroatoms. The van der Waals surface area contributed by atoms with E-state index in [1.165, 1.54) is 5.56 Å². The fourth-order valence-corrected chi connectivity index (χ4v) is 4.97. The molecule has 2 aromatic carbocycles. The summed E-state index contributed by atoms with van der Waals surface area (Å²) in [5.74, 6) is 2.03. The SMILES string of the molecule is COc1ccc([C@@H]2S[C@@H](C)C(=O)Nc3c2c(C)nn3-c2ccc(C)cc2)cc1OC. The number of hydrogen-bond acceptors (Lipinski definition) is 5. The van der Waals surface area contributed by atoms with Gasteiger partial charge in [-0.05, 0) is 50.6 Å². The molecule has 1 amide bonds. The van der Waals surface area contributed by atoms with Crippen LogP contribution in [-0.2, 0) is 4.79 Å². The lowest BCUT2D eigenvalue weighted by Gasteiger charge is -2.19. The van der Waals surface area contributed by atoms with Crippen molar-refractivity contribution in [2.75, 3.05) is 19.5 Å². The van der Waals surface area contributed by atoms with Gasteiger partial charge in [0.25, 0.3) is 0 Å². The average molecular weight is 424 g/mol. The molecular formula is C23H25N3O3S. The van der Waals surface area contributed by atoms with Gasteiger partial charge >= 0.3 is 0 Å². The maximum atomic E-state index is 12.8. The van der Waals surface area contributed by atoms with Crippen LogP contribution in [0.15, 0.2) is 42.5 Å². The number of benzene rings is 2. The lowest BCUT2D eigenvalue weighted by atomic mass is 10.0. The molecule has 0 radical (unpaired) electrons. The van der Waals surface area contributed by atoms with Crippen molar-refractivity contribution in [2.45, 2.75) is 31.3 Å². The summed E-state index contributed by atoms with van der Waals surface area (Å²) in [5, 5.41) is 7.59. The minimum atomic E-state index is -0.221. The normalized spacial score (nSPS) is 18.4. The minimum Gasteiger partial charge on any atom is -0.493 e. The van der Waals surface area contributed by atoms with Crippen molar-refractivity contribution in [3.05, 3.63) is 64.8 Å². The second kappa shape index (κ2) is 8.07. The monoisotopic (exact) mass is 423 g/mol. The van der Waals surface area contributed by atoms with Crippen LogP contribution in [0.25, 0.3) is 5.69 Å². The van der Waals surface area contributed by atoms with Crippen LogP contribution in [0.4, 0.5) is 5.82 Å². The van der Waals surface area contributed by atoms with Crippen molar-refractivity contribution >= 4 is 23.5 Å². The highest BCUT2D eigenvalue weighted by molar-refractivity contribution is 8.01. The predicted octanol–water partition coefficient (Wildman–Crippen LogP) is 4.67. The van der Waals surface area contributed by atoms with Gasteiger partial charge in [-0.15, -0.1) is 11.8 Å². The van der Waals surface area contributed by atoms with Crippen molar-refractivity contribution in [1.29, 1.82) is 0 Å². The first-order valence-corrected chi connectivity index (χ1v) is 10.7. The molecule has 0 fully saturated rings. The zero-order valence-electron chi connectivity index (χ0n) is 17.7. The molecule has 0 aliphatic carbocycles. The predicted molar refractivity (Wildman–Crippen MR) is 120 cm³/mol. The van der Waals surface area contributed by atoms with Crippen LogP contribution < -0.4 is 14.8 Å². The molecule has 0 saturated carbocycles. The van der Waals surface area contributed by atoms with Gasteiger partial charge < -0.3 is 14.8 Å². The van der Waals surface area contributed by atoms with Crippen LogP contribution in [0, 0.1) is 13.8 Å². The first kappa shape index (κ1) is 20.3. The molecule has 1 aliphatic rings. The maximum Gasteiger partial charge on any atom is 0.238 e. The Kier molecular flexibility index (Phi) is 5.47. The van der Waals surface area contributed by atoms with Gasteiger partial charge in [0.1, 0.15) is 5.82 Å². The molecule has 1 aliphatic heterocycles. The first-order chi connectivity index (χ1) is 14.4. The number of thioether (sulfide) groups is 1. The Hall–Kier alpha value is -2.93. The number of aryl methyl sites for hydroxylation is 2. The second-order valence-electron chi connectivity index (χ2n) is 7.36. The van der Waals surface area contributed by atoms with Crippen LogP contribution >= 0.6 is 11.8 Å². The Balaban J connectivity index is 1.89. The molecule has 0 spiro atoms. The molecule has 6 nitrogen and oxygen atoms in total. The molecule has 4 rings (SSSR count). The van der Waals surface area contributed by atoms with Crippen molar-refractivity contribution in [2.24, 2.45) is 0 Å². The smallest absolute Gasteiger partial charge is 0.238 e. The van der Waals surface area contributed by atoms with E-state index in [9.17, 15) is 4.79 Å². The minimum absolute atomic E-state index is 0.0301. The van der Waals surface area contributed by atoms with Crippen molar-refractivity contribution in [3.8, 4) is 17.2 Å². The number of carbonyl (C=O) groups excluding carboxylic acids is 1. The number of methoxy groups -OCH3 is 2. The molecular weight excluding hydrogens is 398 g/mol. The van der Waals surface area contributed by atoms with Crippen LogP contribution in [0.3, 0.4) is 0 Å². The molecule has 2 atom stereocenters. The molecule has 1 aromatic heterocycles. The highest BCUT2D eigenvalue weighted by atomic mass is 32.2. The van der Waals surface area contributed by atoms with E-state index in [1.807, 2.05) is 67.9 Å². The standard InChI is InChI=1S/C23H25N3O3S/c1-13-6-9-17(10-7-13)26-22-20(14(2)25-26)21(30-15(3)23(27)24-22)16-8-11-18(28-4)19(12-16)29-5/h6-12,15,21H,1-5H3,(H,24,27)/t15-,21-/m0/s1. The Morgan fingerprint density at radius 3 is 2.40 bits per heavy atom. The fraction of sp³-hybridized carbons (Fsp3) is 0.304. The summed E-state index contributed by atoms with van der Waals surface area (Å²) in [6, 6.07) is 14.0. The van der Waals surface area contributed by atoms with E-state index in [0.717, 1.165) is 28.3 Å². The largest absolute Gasteiger partial charge is 0.493 e. The van der Waals surface area contributed by atoms with E-state index in [0.29, 0.717) is 11.5 Å². The fourth-order valence-electron chi connectivity index (χ4n) is 3.66. The Morgan fingerprint density at radius 1 is 1.03 bits per heavy atom. The van der Waals surface area contributed by atoms with E-state index < -0.39 is 0 Å². The van der Waals surface area contributed by atoms with Gasteiger partial charge in [-0.25, -0.2) is 4.68 Å². The van der Waals surface area contributed by atoms with Crippen LogP contribution in [-0.4, -0.2) is 35.2 Å². The number of hydrogen-bond donors (Lipinski definition) is 1. The maximum absolute atomic E-state index is 12.8. The van der Waals surface area contributed by atoms with Crippen LogP contribution in [0.2, 0.25) is 0 Å². The van der Waals surface area contributed by atoms with Crippen LogP contribution in [0.5, 0.6) is 11.5 Å². The quantitative estimate of drug-likeness (QED) is 0.661. The first-order valence-electron chi connectivity index (χ1n) is 9.77. The average Bonchev–Trinajstić information content (AvgIpc) is 2.99. The van der Waals surface area contributed by atoms with E-state index >= 15 is 0 Å². The number of aromatic nitrogens is 2. The van der Waals surface area contributed by atoms with Gasteiger partial charge in [-0.1, -0.05) is 23.8 Å². The highest BCUT2D eigenvalue weighted by Gasteiger charge is 2.34. The summed E-state index contributed by atoms with van der Waals surface area (Å²) >= 11 is 1.61. The Bertz CT molecular complexity index is 1090. The third-order valence-corrected chi connectivity index (χ3v) is 6.71. The molecule has 2 heterocycles. The van der Waals surface area contributed by atoms with E-state index in [1.54, 1.807) is 26.0 Å². The number of nitrogens with one attached hydrogen (secondary N) is 1. The Morgan fingerprint density at radius 2 is 1.73 bits per heavy atom. The molecule has 0 bridgehead atoms. The third-order valence-electron chi connectivity index (χ3n) is 5.31. The number of anilines is 1. The molecule has 0 unspecified atom stereocenters. The summed E-state index contributed by atoms with van der Waals surface area (Å²) < 4.78 is 12.7. The molecule has 30 heavy (non-hydrogen) atoms. The molecule has 156 valence electrons. The van der Waals surface area contributed by atoms with Crippen LogP contribution in [0.1, 0.15) is 34.6 Å².